The van der Waals surface area contributed by atoms with Crippen LogP contribution in [0, 0.1) is 6.92 Å². The fraction of sp³-hybridized carbons (Fsp3) is 0.200. The number of rotatable bonds is 3. The van der Waals surface area contributed by atoms with Crippen LogP contribution in [0.5, 0.6) is 0 Å². The quantitative estimate of drug-likeness (QED) is 0.535. The van der Waals surface area contributed by atoms with Crippen molar-refractivity contribution >= 4 is 5.97 Å². The molecule has 1 rings (SSSR count). The normalized spacial score (nSPS) is 9.50. The van der Waals surface area contributed by atoms with E-state index in [0.717, 1.165) is 11.6 Å². The third-order valence-electron chi connectivity index (χ3n) is 1.49. The van der Waals surface area contributed by atoms with E-state index in [1.165, 1.54) is 6.07 Å². The molecule has 1 aromatic rings. The van der Waals surface area contributed by atoms with E-state index in [2.05, 4.69) is 6.58 Å². The lowest BCUT2D eigenvalue weighted by atomic mass is 10.3. The Balaban J connectivity index is 2.72. The van der Waals surface area contributed by atoms with Gasteiger partial charge in [-0.3, -0.25) is 0 Å². The molecule has 0 aliphatic carbocycles. The summed E-state index contributed by atoms with van der Waals surface area (Å²) in [6, 6.07) is 3.00. The fourth-order valence-corrected chi connectivity index (χ4v) is 0.942. The molecule has 1 heterocycles. The number of carbonyl (C=O) groups is 1. The van der Waals surface area contributed by atoms with Crippen molar-refractivity contribution in [2.45, 2.75) is 13.5 Å². The Hall–Kier alpha value is -1.84. The van der Waals surface area contributed by atoms with Gasteiger partial charge in [0.1, 0.15) is 12.4 Å². The minimum absolute atomic E-state index is 0.0538. The highest BCUT2D eigenvalue weighted by atomic mass is 16.5. The van der Waals surface area contributed by atoms with Gasteiger partial charge in [0.05, 0.1) is 0 Å². The summed E-state index contributed by atoms with van der Waals surface area (Å²) < 4.78 is 9.48. The summed E-state index contributed by atoms with van der Waals surface area (Å²) in [5.41, 5.74) is 0.320. The first-order valence-electron chi connectivity index (χ1n) is 4.01. The van der Waals surface area contributed by atoms with Crippen LogP contribution in [0.2, 0.25) is 0 Å². The first-order chi connectivity index (χ1) is 6.61. The average Bonchev–Trinajstić information content (AvgIpc) is 2.12. The Bertz CT molecular complexity index is 403. The Morgan fingerprint density at radius 2 is 2.36 bits per heavy atom. The van der Waals surface area contributed by atoms with Crippen LogP contribution < -0.4 is 5.63 Å². The average molecular weight is 194 g/mol. The van der Waals surface area contributed by atoms with Gasteiger partial charge >= 0.3 is 11.6 Å². The summed E-state index contributed by atoms with van der Waals surface area (Å²) in [5.74, 6) is -0.223. The van der Waals surface area contributed by atoms with Crippen LogP contribution in [0.15, 0.2) is 34.0 Å². The number of ether oxygens (including phenoxy) is 1. The van der Waals surface area contributed by atoms with E-state index in [9.17, 15) is 9.59 Å². The van der Waals surface area contributed by atoms with Crippen molar-refractivity contribution in [2.24, 2.45) is 0 Å². The molecule has 0 unspecified atom stereocenters. The highest BCUT2D eigenvalue weighted by Crippen LogP contribution is 2.02. The van der Waals surface area contributed by atoms with Crippen LogP contribution in [0.25, 0.3) is 0 Å². The second kappa shape index (κ2) is 4.41. The van der Waals surface area contributed by atoms with Crippen LogP contribution in [0.1, 0.15) is 11.3 Å². The SMILES string of the molecule is C=CC(=O)OCc1cc(C)cc(=O)o1. The van der Waals surface area contributed by atoms with Crippen molar-refractivity contribution in [1.82, 2.24) is 0 Å². The molecule has 4 nitrogen and oxygen atoms in total. The molecule has 74 valence electrons. The highest BCUT2D eigenvalue weighted by Gasteiger charge is 2.01. The number of carbonyl (C=O) groups excluding carboxylic acids is 1. The van der Waals surface area contributed by atoms with Crippen molar-refractivity contribution in [1.29, 1.82) is 0 Å². The van der Waals surface area contributed by atoms with Crippen LogP contribution in [0.3, 0.4) is 0 Å². The molecule has 0 aromatic carbocycles. The lowest BCUT2D eigenvalue weighted by molar-refractivity contribution is -0.139. The third-order valence-corrected chi connectivity index (χ3v) is 1.49. The Labute approximate surface area is 80.8 Å². The molecule has 0 saturated heterocycles. The number of hydrogen-bond acceptors (Lipinski definition) is 4. The molecule has 0 atom stereocenters. The smallest absolute Gasteiger partial charge is 0.336 e. The zero-order valence-corrected chi connectivity index (χ0v) is 7.78. The van der Waals surface area contributed by atoms with Gasteiger partial charge in [0, 0.05) is 12.1 Å². The van der Waals surface area contributed by atoms with Gasteiger partial charge in [-0.1, -0.05) is 6.58 Å². The van der Waals surface area contributed by atoms with Crippen molar-refractivity contribution in [3.05, 3.63) is 46.5 Å². The predicted octanol–water partition coefficient (Wildman–Crippen LogP) is 1.18. The molecule has 0 amide bonds. The first-order valence-corrected chi connectivity index (χ1v) is 4.01. The summed E-state index contributed by atoms with van der Waals surface area (Å²) in [6.07, 6.45) is 1.05. The Kier molecular flexibility index (Phi) is 3.23. The van der Waals surface area contributed by atoms with Crippen LogP contribution in [-0.2, 0) is 16.1 Å². The second-order valence-electron chi connectivity index (χ2n) is 2.73. The molecule has 0 spiro atoms. The molecule has 4 heteroatoms. The van der Waals surface area contributed by atoms with E-state index >= 15 is 0 Å². The predicted molar refractivity (Wildman–Crippen MR) is 49.7 cm³/mol. The molecule has 1 aromatic heterocycles. The molecule has 0 aliphatic heterocycles. The number of aryl methyl sites for hydroxylation is 1. The van der Waals surface area contributed by atoms with E-state index in [1.807, 2.05) is 0 Å². The van der Waals surface area contributed by atoms with E-state index < -0.39 is 11.6 Å². The van der Waals surface area contributed by atoms with Crippen molar-refractivity contribution in [3.63, 3.8) is 0 Å². The van der Waals surface area contributed by atoms with Gasteiger partial charge in [0.2, 0.25) is 0 Å². The summed E-state index contributed by atoms with van der Waals surface area (Å²) in [6.45, 7) is 4.95. The van der Waals surface area contributed by atoms with Crippen molar-refractivity contribution < 1.29 is 13.9 Å². The van der Waals surface area contributed by atoms with Crippen molar-refractivity contribution in [3.8, 4) is 0 Å². The summed E-state index contributed by atoms with van der Waals surface area (Å²) >= 11 is 0. The van der Waals surface area contributed by atoms with Gasteiger partial charge in [0.25, 0.3) is 0 Å². The maximum atomic E-state index is 10.9. The van der Waals surface area contributed by atoms with E-state index in [1.54, 1.807) is 13.0 Å². The molecule has 0 bridgehead atoms. The van der Waals surface area contributed by atoms with Crippen LogP contribution in [0.4, 0.5) is 0 Å². The molecule has 0 fully saturated rings. The number of esters is 1. The van der Waals surface area contributed by atoms with Crippen LogP contribution >= 0.6 is 0 Å². The van der Waals surface area contributed by atoms with Gasteiger partial charge in [-0.2, -0.15) is 0 Å². The summed E-state index contributed by atoms with van der Waals surface area (Å²) in [5, 5.41) is 0. The topological polar surface area (TPSA) is 56.5 Å². The van der Waals surface area contributed by atoms with Gasteiger partial charge in [-0.05, 0) is 18.6 Å². The monoisotopic (exact) mass is 194 g/mol. The molecule has 0 aliphatic rings. The zero-order valence-electron chi connectivity index (χ0n) is 7.78. The van der Waals surface area contributed by atoms with Gasteiger partial charge < -0.3 is 9.15 Å². The van der Waals surface area contributed by atoms with E-state index in [0.29, 0.717) is 5.76 Å². The molecular weight excluding hydrogens is 184 g/mol. The standard InChI is InChI=1S/C10H10O4/c1-3-9(11)13-6-8-4-7(2)5-10(12)14-8/h3-5H,1,6H2,2H3. The summed E-state index contributed by atoms with van der Waals surface area (Å²) in [7, 11) is 0. The molecule has 0 radical (unpaired) electrons. The van der Waals surface area contributed by atoms with Gasteiger partial charge in [-0.25, -0.2) is 9.59 Å². The molecule has 0 N–H and O–H groups in total. The maximum absolute atomic E-state index is 10.9. The second-order valence-corrected chi connectivity index (χ2v) is 2.73. The molecular formula is C10H10O4. The third kappa shape index (κ3) is 2.90. The molecule has 0 saturated carbocycles. The minimum atomic E-state index is -0.547. The summed E-state index contributed by atoms with van der Waals surface area (Å²) in [4.78, 5) is 21.6. The van der Waals surface area contributed by atoms with Crippen LogP contribution in [-0.4, -0.2) is 5.97 Å². The Morgan fingerprint density at radius 3 is 2.93 bits per heavy atom. The zero-order chi connectivity index (χ0) is 10.6. The maximum Gasteiger partial charge on any atom is 0.336 e. The largest absolute Gasteiger partial charge is 0.454 e. The van der Waals surface area contributed by atoms with E-state index in [-0.39, 0.29) is 6.61 Å². The van der Waals surface area contributed by atoms with Gasteiger partial charge in [-0.15, -0.1) is 0 Å². The fourth-order valence-electron chi connectivity index (χ4n) is 0.942. The minimum Gasteiger partial charge on any atom is -0.454 e. The first kappa shape index (κ1) is 10.2. The highest BCUT2D eigenvalue weighted by molar-refractivity contribution is 5.81. The van der Waals surface area contributed by atoms with E-state index in [4.69, 9.17) is 9.15 Å². The molecule has 14 heavy (non-hydrogen) atoms. The lowest BCUT2D eigenvalue weighted by Gasteiger charge is -2.00. The Morgan fingerprint density at radius 1 is 1.64 bits per heavy atom. The lowest BCUT2D eigenvalue weighted by Crippen LogP contribution is -2.05. The van der Waals surface area contributed by atoms with Gasteiger partial charge in [0.15, 0.2) is 0 Å². The van der Waals surface area contributed by atoms with Crippen molar-refractivity contribution in [2.75, 3.05) is 0 Å². The number of hydrogen-bond donors (Lipinski definition) is 0.